The van der Waals surface area contributed by atoms with Crippen LogP contribution in [0, 0.1) is 3.57 Å². The van der Waals surface area contributed by atoms with E-state index in [1.165, 1.54) is 25.7 Å². The van der Waals surface area contributed by atoms with Crippen molar-refractivity contribution in [2.75, 3.05) is 17.2 Å². The lowest BCUT2D eigenvalue weighted by atomic mass is 10.1. The molecule has 0 aromatic heterocycles. The minimum Gasteiger partial charge on any atom is -0.399 e. The van der Waals surface area contributed by atoms with Crippen molar-refractivity contribution in [3.05, 3.63) is 64.2 Å². The van der Waals surface area contributed by atoms with Gasteiger partial charge in [-0.3, -0.25) is 0 Å². The maximum atomic E-state index is 5.88. The minimum absolute atomic E-state index is 0.803. The topological polar surface area (TPSA) is 29.3 Å². The first-order chi connectivity index (χ1) is 10.2. The number of fused-ring (bicyclic) bond motifs is 1. The molecule has 0 radical (unpaired) electrons. The number of anilines is 3. The molecule has 3 aromatic rings. The van der Waals surface area contributed by atoms with Crippen molar-refractivity contribution in [2.45, 2.75) is 6.92 Å². The Kier molecular flexibility index (Phi) is 4.01. The first kappa shape index (κ1) is 14.2. The zero-order valence-electron chi connectivity index (χ0n) is 11.9. The molecule has 0 atom stereocenters. The normalized spacial score (nSPS) is 10.8. The van der Waals surface area contributed by atoms with Gasteiger partial charge in [-0.1, -0.05) is 36.4 Å². The summed E-state index contributed by atoms with van der Waals surface area (Å²) >= 11 is 2.35. The highest BCUT2D eigenvalue weighted by Gasteiger charge is 2.13. The molecule has 21 heavy (non-hydrogen) atoms. The van der Waals surface area contributed by atoms with Crippen LogP contribution in [0.15, 0.2) is 60.7 Å². The molecule has 0 aliphatic rings. The molecule has 3 heteroatoms. The number of halogens is 1. The maximum absolute atomic E-state index is 5.88. The zero-order valence-corrected chi connectivity index (χ0v) is 14.0. The van der Waals surface area contributed by atoms with Crippen molar-refractivity contribution in [3.8, 4) is 0 Å². The van der Waals surface area contributed by atoms with Gasteiger partial charge in [0, 0.05) is 26.9 Å². The molecule has 0 aliphatic heterocycles. The average Bonchev–Trinajstić information content (AvgIpc) is 2.50. The predicted molar refractivity (Wildman–Crippen MR) is 100 cm³/mol. The molecule has 3 rings (SSSR count). The van der Waals surface area contributed by atoms with Gasteiger partial charge in [-0.25, -0.2) is 0 Å². The van der Waals surface area contributed by atoms with Crippen molar-refractivity contribution in [1.82, 2.24) is 0 Å². The minimum atomic E-state index is 0.803. The zero-order chi connectivity index (χ0) is 14.8. The van der Waals surface area contributed by atoms with Gasteiger partial charge in [0.15, 0.2) is 0 Å². The van der Waals surface area contributed by atoms with E-state index in [1.54, 1.807) is 0 Å². The van der Waals surface area contributed by atoms with E-state index >= 15 is 0 Å². The molecule has 2 nitrogen and oxygen atoms in total. The number of nitrogen functional groups attached to an aromatic ring is 1. The molecule has 0 aliphatic carbocycles. The number of benzene rings is 3. The van der Waals surface area contributed by atoms with Crippen LogP contribution in [0.1, 0.15) is 6.92 Å². The van der Waals surface area contributed by atoms with Crippen molar-refractivity contribution in [1.29, 1.82) is 0 Å². The Labute approximate surface area is 138 Å². The molecule has 0 unspecified atom stereocenters. The quantitative estimate of drug-likeness (QED) is 0.495. The smallest absolute Gasteiger partial charge is 0.0547 e. The van der Waals surface area contributed by atoms with E-state index in [1.807, 2.05) is 12.1 Å². The van der Waals surface area contributed by atoms with Gasteiger partial charge < -0.3 is 10.6 Å². The summed E-state index contributed by atoms with van der Waals surface area (Å²) in [5.74, 6) is 0. The van der Waals surface area contributed by atoms with E-state index in [0.29, 0.717) is 0 Å². The fourth-order valence-electron chi connectivity index (χ4n) is 2.66. The SMILES string of the molecule is CCN(c1ccc(N)cc1I)c1cccc2ccccc12. The van der Waals surface area contributed by atoms with Gasteiger partial charge in [0.1, 0.15) is 0 Å². The van der Waals surface area contributed by atoms with Gasteiger partial charge in [0.25, 0.3) is 0 Å². The fraction of sp³-hybridized carbons (Fsp3) is 0.111. The number of hydrogen-bond acceptors (Lipinski definition) is 2. The third-order valence-corrected chi connectivity index (χ3v) is 4.50. The van der Waals surface area contributed by atoms with Crippen LogP contribution in [0.25, 0.3) is 10.8 Å². The summed E-state index contributed by atoms with van der Waals surface area (Å²) in [5, 5.41) is 2.54. The first-order valence-corrected chi connectivity index (χ1v) is 8.09. The summed E-state index contributed by atoms with van der Waals surface area (Å²) in [7, 11) is 0. The van der Waals surface area contributed by atoms with Crippen LogP contribution in [-0.2, 0) is 0 Å². The van der Waals surface area contributed by atoms with E-state index < -0.39 is 0 Å². The van der Waals surface area contributed by atoms with Crippen LogP contribution in [0.4, 0.5) is 17.1 Å². The fourth-order valence-corrected chi connectivity index (χ4v) is 3.49. The third kappa shape index (κ3) is 2.70. The standard InChI is InChI=1S/C18H17IN2/c1-2-21(18-11-10-14(20)12-16(18)19)17-9-5-7-13-6-3-4-8-15(13)17/h3-12H,2,20H2,1H3. The van der Waals surface area contributed by atoms with Crippen LogP contribution >= 0.6 is 22.6 Å². The summed E-state index contributed by atoms with van der Waals surface area (Å²) in [6.07, 6.45) is 0. The van der Waals surface area contributed by atoms with Crippen molar-refractivity contribution in [3.63, 3.8) is 0 Å². The highest BCUT2D eigenvalue weighted by Crippen LogP contribution is 2.35. The largest absolute Gasteiger partial charge is 0.399 e. The number of rotatable bonds is 3. The highest BCUT2D eigenvalue weighted by atomic mass is 127. The van der Waals surface area contributed by atoms with Crippen LogP contribution in [0.3, 0.4) is 0 Å². The Bertz CT molecular complexity index is 778. The molecular formula is C18H17IN2. The second kappa shape index (κ2) is 5.93. The molecule has 0 saturated heterocycles. The Morgan fingerprint density at radius 3 is 2.48 bits per heavy atom. The summed E-state index contributed by atoms with van der Waals surface area (Å²) in [6, 6.07) is 21.0. The summed E-state index contributed by atoms with van der Waals surface area (Å²) in [5.41, 5.74) is 9.11. The molecule has 0 heterocycles. The Morgan fingerprint density at radius 2 is 1.71 bits per heavy atom. The maximum Gasteiger partial charge on any atom is 0.0547 e. The predicted octanol–water partition coefficient (Wildman–Crippen LogP) is 5.18. The summed E-state index contributed by atoms with van der Waals surface area (Å²) < 4.78 is 1.17. The van der Waals surface area contributed by atoms with Gasteiger partial charge in [-0.05, 0) is 59.2 Å². The molecule has 0 amide bonds. The Hall–Kier alpha value is -1.75. The average molecular weight is 388 g/mol. The summed E-state index contributed by atoms with van der Waals surface area (Å²) in [6.45, 7) is 3.09. The lowest BCUT2D eigenvalue weighted by molar-refractivity contribution is 1.03. The monoisotopic (exact) mass is 388 g/mol. The molecule has 0 bridgehead atoms. The Balaban J connectivity index is 2.18. The van der Waals surface area contributed by atoms with Crippen molar-refractivity contribution < 1.29 is 0 Å². The second-order valence-corrected chi connectivity index (χ2v) is 6.12. The van der Waals surface area contributed by atoms with Gasteiger partial charge >= 0.3 is 0 Å². The van der Waals surface area contributed by atoms with E-state index in [2.05, 4.69) is 82.9 Å². The Morgan fingerprint density at radius 1 is 0.952 bits per heavy atom. The van der Waals surface area contributed by atoms with Crippen LogP contribution in [0.5, 0.6) is 0 Å². The van der Waals surface area contributed by atoms with Gasteiger partial charge in [0.2, 0.25) is 0 Å². The first-order valence-electron chi connectivity index (χ1n) is 7.01. The van der Waals surface area contributed by atoms with Crippen molar-refractivity contribution in [2.24, 2.45) is 0 Å². The van der Waals surface area contributed by atoms with Gasteiger partial charge in [-0.2, -0.15) is 0 Å². The van der Waals surface area contributed by atoms with E-state index in [0.717, 1.165) is 12.2 Å². The van der Waals surface area contributed by atoms with Gasteiger partial charge in [-0.15, -0.1) is 0 Å². The molecular weight excluding hydrogens is 371 g/mol. The molecule has 0 saturated carbocycles. The molecule has 0 fully saturated rings. The number of nitrogens with zero attached hydrogens (tertiary/aromatic N) is 1. The van der Waals surface area contributed by atoms with E-state index in [9.17, 15) is 0 Å². The summed E-state index contributed by atoms with van der Waals surface area (Å²) in [4.78, 5) is 2.34. The lowest BCUT2D eigenvalue weighted by Crippen LogP contribution is -2.17. The third-order valence-electron chi connectivity index (χ3n) is 3.64. The van der Waals surface area contributed by atoms with Crippen LogP contribution in [0.2, 0.25) is 0 Å². The number of nitrogens with two attached hydrogens (primary N) is 1. The molecule has 0 spiro atoms. The lowest BCUT2D eigenvalue weighted by Gasteiger charge is -2.26. The van der Waals surface area contributed by atoms with E-state index in [-0.39, 0.29) is 0 Å². The second-order valence-electron chi connectivity index (χ2n) is 4.95. The van der Waals surface area contributed by atoms with Crippen molar-refractivity contribution >= 4 is 50.4 Å². The van der Waals surface area contributed by atoms with Gasteiger partial charge in [0.05, 0.1) is 5.69 Å². The van der Waals surface area contributed by atoms with Crippen LogP contribution < -0.4 is 10.6 Å². The number of hydrogen-bond donors (Lipinski definition) is 1. The van der Waals surface area contributed by atoms with E-state index in [4.69, 9.17) is 5.73 Å². The van der Waals surface area contributed by atoms with Crippen LogP contribution in [-0.4, -0.2) is 6.54 Å². The highest BCUT2D eigenvalue weighted by molar-refractivity contribution is 14.1. The molecule has 2 N–H and O–H groups in total. The molecule has 106 valence electrons. The molecule has 3 aromatic carbocycles.